The lowest BCUT2D eigenvalue weighted by Gasteiger charge is -1.98. The van der Waals surface area contributed by atoms with Gasteiger partial charge in [0.15, 0.2) is 0 Å². The number of nitrogens with zero attached hydrogens (tertiary/aromatic N) is 2. The van der Waals surface area contributed by atoms with E-state index in [4.69, 9.17) is 0 Å². The summed E-state index contributed by atoms with van der Waals surface area (Å²) < 4.78 is 8.28. The highest BCUT2D eigenvalue weighted by atomic mass is 32.1. The summed E-state index contributed by atoms with van der Waals surface area (Å²) in [6.07, 6.45) is 0.955. The summed E-state index contributed by atoms with van der Waals surface area (Å²) in [5.41, 5.74) is 2.13. The van der Waals surface area contributed by atoms with E-state index in [1.807, 2.05) is 6.92 Å². The molecule has 0 aliphatic heterocycles. The van der Waals surface area contributed by atoms with Crippen LogP contribution in [0.2, 0.25) is 0 Å². The van der Waals surface area contributed by atoms with Crippen LogP contribution in [0.3, 0.4) is 0 Å². The molecule has 1 atom stereocenters. The van der Waals surface area contributed by atoms with Gasteiger partial charge in [-0.3, -0.25) is 0 Å². The molecule has 4 heteroatoms. The molecule has 0 fully saturated rings. The number of hydrogen-bond acceptors (Lipinski definition) is 4. The molecule has 10 heavy (non-hydrogen) atoms. The molecule has 1 aromatic heterocycles. The Hall–Kier alpha value is -0.0900. The van der Waals surface area contributed by atoms with Gasteiger partial charge in [-0.1, -0.05) is 6.92 Å². The maximum Gasteiger partial charge on any atom is 0.0899 e. The summed E-state index contributed by atoms with van der Waals surface area (Å²) in [4.78, 5) is 0. The third-order valence-electron chi connectivity index (χ3n) is 1.32. The minimum Gasteiger partial charge on any atom is -0.178 e. The van der Waals surface area contributed by atoms with Gasteiger partial charge in [-0.2, -0.15) is 21.4 Å². The molecule has 0 N–H and O–H groups in total. The minimum atomic E-state index is 0.216. The van der Waals surface area contributed by atoms with Crippen molar-refractivity contribution in [1.29, 1.82) is 0 Å². The summed E-state index contributed by atoms with van der Waals surface area (Å²) in [6.45, 7) is 4.09. The van der Waals surface area contributed by atoms with Crippen LogP contribution >= 0.6 is 24.4 Å². The summed E-state index contributed by atoms with van der Waals surface area (Å²) in [5, 5.41) is 0.216. The van der Waals surface area contributed by atoms with Gasteiger partial charge < -0.3 is 0 Å². The third-order valence-corrected chi connectivity index (χ3v) is 2.14. The topological polar surface area (TPSA) is 25.8 Å². The largest absolute Gasteiger partial charge is 0.178 e. The van der Waals surface area contributed by atoms with E-state index in [1.165, 1.54) is 11.7 Å². The van der Waals surface area contributed by atoms with Gasteiger partial charge in [-0.05, 0) is 13.3 Å². The van der Waals surface area contributed by atoms with Gasteiger partial charge in [0.25, 0.3) is 0 Å². The van der Waals surface area contributed by atoms with Crippen molar-refractivity contribution < 1.29 is 0 Å². The Kier molecular flexibility index (Phi) is 2.68. The molecule has 0 spiro atoms. The van der Waals surface area contributed by atoms with Gasteiger partial charge in [0.2, 0.25) is 0 Å². The van der Waals surface area contributed by atoms with Crippen molar-refractivity contribution in [2.45, 2.75) is 25.5 Å². The van der Waals surface area contributed by atoms with E-state index in [9.17, 15) is 0 Å². The molecule has 56 valence electrons. The van der Waals surface area contributed by atoms with Crippen LogP contribution in [-0.2, 0) is 6.42 Å². The van der Waals surface area contributed by atoms with Crippen LogP contribution < -0.4 is 0 Å². The number of thiol groups is 1. The summed E-state index contributed by atoms with van der Waals surface area (Å²) in [6, 6.07) is 0. The first-order chi connectivity index (χ1) is 4.75. The maximum atomic E-state index is 4.28. The van der Waals surface area contributed by atoms with Gasteiger partial charge in [0, 0.05) is 5.25 Å². The van der Waals surface area contributed by atoms with Gasteiger partial charge in [0.05, 0.1) is 23.1 Å². The van der Waals surface area contributed by atoms with Crippen molar-refractivity contribution in [3.8, 4) is 0 Å². The van der Waals surface area contributed by atoms with Gasteiger partial charge in [0.1, 0.15) is 0 Å². The molecule has 0 amide bonds. The molecule has 2 nitrogen and oxygen atoms in total. The van der Waals surface area contributed by atoms with E-state index in [0.29, 0.717) is 0 Å². The zero-order chi connectivity index (χ0) is 7.56. The van der Waals surface area contributed by atoms with Crippen molar-refractivity contribution in [2.24, 2.45) is 0 Å². The van der Waals surface area contributed by atoms with Crippen LogP contribution in [0, 0.1) is 0 Å². The first-order valence-electron chi connectivity index (χ1n) is 3.25. The Balaban J connectivity index is 2.90. The van der Waals surface area contributed by atoms with E-state index >= 15 is 0 Å². The van der Waals surface area contributed by atoms with Crippen molar-refractivity contribution >= 4 is 24.4 Å². The van der Waals surface area contributed by atoms with Crippen molar-refractivity contribution in [2.75, 3.05) is 0 Å². The normalized spacial score (nSPS) is 13.5. The molecule has 1 heterocycles. The molecular weight excluding hydrogens is 164 g/mol. The number of aromatic nitrogens is 2. The second kappa shape index (κ2) is 3.34. The molecular formula is C6H10N2S2. The van der Waals surface area contributed by atoms with E-state index in [1.54, 1.807) is 0 Å². The molecule has 0 saturated carbocycles. The first kappa shape index (κ1) is 8.01. The lowest BCUT2D eigenvalue weighted by Crippen LogP contribution is -1.91. The molecule has 0 radical (unpaired) electrons. The average molecular weight is 174 g/mol. The van der Waals surface area contributed by atoms with Crippen molar-refractivity contribution in [3.63, 3.8) is 0 Å². The van der Waals surface area contributed by atoms with Crippen LogP contribution in [0.1, 0.15) is 30.5 Å². The zero-order valence-corrected chi connectivity index (χ0v) is 7.75. The van der Waals surface area contributed by atoms with E-state index in [-0.39, 0.29) is 5.25 Å². The molecule has 1 rings (SSSR count). The van der Waals surface area contributed by atoms with Gasteiger partial charge >= 0.3 is 0 Å². The average Bonchev–Trinajstić information content (AvgIpc) is 2.33. The van der Waals surface area contributed by atoms with Crippen LogP contribution in [0.15, 0.2) is 0 Å². The zero-order valence-electron chi connectivity index (χ0n) is 6.03. The van der Waals surface area contributed by atoms with Crippen molar-refractivity contribution in [3.05, 3.63) is 11.4 Å². The summed E-state index contributed by atoms with van der Waals surface area (Å²) >= 11 is 5.55. The summed E-state index contributed by atoms with van der Waals surface area (Å²) in [7, 11) is 0. The second-order valence-corrected chi connectivity index (χ2v) is 3.43. The molecule has 0 aromatic carbocycles. The Morgan fingerprint density at radius 1 is 1.60 bits per heavy atom. The molecule has 1 aromatic rings. The monoisotopic (exact) mass is 174 g/mol. The van der Waals surface area contributed by atoms with Crippen molar-refractivity contribution in [1.82, 2.24) is 8.75 Å². The predicted octanol–water partition coefficient (Wildman–Crippen LogP) is 2.09. The molecule has 0 aliphatic carbocycles. The number of aryl methyl sites for hydroxylation is 1. The van der Waals surface area contributed by atoms with Gasteiger partial charge in [-0.15, -0.1) is 0 Å². The predicted molar refractivity (Wildman–Crippen MR) is 46.7 cm³/mol. The maximum absolute atomic E-state index is 4.28. The van der Waals surface area contributed by atoms with E-state index in [0.717, 1.165) is 17.8 Å². The number of rotatable bonds is 2. The first-order valence-corrected chi connectivity index (χ1v) is 4.49. The van der Waals surface area contributed by atoms with Crippen LogP contribution in [0.25, 0.3) is 0 Å². The van der Waals surface area contributed by atoms with Gasteiger partial charge in [-0.25, -0.2) is 0 Å². The Bertz CT molecular complexity index is 207. The lowest BCUT2D eigenvalue weighted by atomic mass is 10.2. The quantitative estimate of drug-likeness (QED) is 0.695. The Morgan fingerprint density at radius 3 is 2.70 bits per heavy atom. The lowest BCUT2D eigenvalue weighted by molar-refractivity contribution is 0.966. The molecule has 0 saturated heterocycles. The standard InChI is InChI=1S/C6H10N2S2/c1-3-5-6(4(2)9)8-10-7-5/h4,9H,3H2,1-2H3. The van der Waals surface area contributed by atoms with E-state index < -0.39 is 0 Å². The Labute approximate surface area is 70.4 Å². The highest BCUT2D eigenvalue weighted by molar-refractivity contribution is 7.80. The summed E-state index contributed by atoms with van der Waals surface area (Å²) in [5.74, 6) is 0. The fraction of sp³-hybridized carbons (Fsp3) is 0.667. The van der Waals surface area contributed by atoms with Crippen LogP contribution in [0.5, 0.6) is 0 Å². The number of hydrogen-bond donors (Lipinski definition) is 1. The highest BCUT2D eigenvalue weighted by Gasteiger charge is 2.09. The third kappa shape index (κ3) is 1.49. The Morgan fingerprint density at radius 2 is 2.30 bits per heavy atom. The molecule has 1 unspecified atom stereocenters. The smallest absolute Gasteiger partial charge is 0.0899 e. The SMILES string of the molecule is CCc1nsnc1C(C)S. The van der Waals surface area contributed by atoms with E-state index in [2.05, 4.69) is 28.3 Å². The highest BCUT2D eigenvalue weighted by Crippen LogP contribution is 2.20. The molecule has 0 aliphatic rings. The van der Waals surface area contributed by atoms with Crippen LogP contribution in [-0.4, -0.2) is 8.75 Å². The fourth-order valence-corrected chi connectivity index (χ4v) is 1.77. The molecule has 0 bridgehead atoms. The van der Waals surface area contributed by atoms with Crippen LogP contribution in [0.4, 0.5) is 0 Å². The fourth-order valence-electron chi connectivity index (χ4n) is 0.776. The second-order valence-electron chi connectivity index (χ2n) is 2.13. The minimum absolute atomic E-state index is 0.216.